The van der Waals surface area contributed by atoms with E-state index in [1.54, 1.807) is 24.3 Å². The van der Waals surface area contributed by atoms with Crippen molar-refractivity contribution in [2.45, 2.75) is 12.5 Å². The van der Waals surface area contributed by atoms with Crippen LogP contribution in [0.1, 0.15) is 12.5 Å². The second-order valence-corrected chi connectivity index (χ2v) is 4.30. The molecular weight excluding hydrogens is 218 g/mol. The third kappa shape index (κ3) is 1.59. The molecule has 1 unspecified atom stereocenters. The number of rotatable bonds is 1. The Bertz CT molecular complexity index is 665. The summed E-state index contributed by atoms with van der Waals surface area (Å²) in [6.07, 6.45) is 0.821. The molecule has 2 heterocycles. The normalized spacial score (nSPS) is 19.9. The molecule has 0 saturated carbocycles. The molecule has 17 heavy (non-hydrogen) atoms. The first-order valence-corrected chi connectivity index (χ1v) is 5.71. The van der Waals surface area contributed by atoms with Gasteiger partial charge in [-0.2, -0.15) is 0 Å². The molecule has 0 bridgehead atoms. The van der Waals surface area contributed by atoms with E-state index >= 15 is 0 Å². The second-order valence-electron chi connectivity index (χ2n) is 4.30. The molecule has 0 aliphatic carbocycles. The van der Waals surface area contributed by atoms with Crippen LogP contribution in [0, 0.1) is 0 Å². The van der Waals surface area contributed by atoms with Crippen LogP contribution in [0.3, 0.4) is 0 Å². The van der Waals surface area contributed by atoms with E-state index in [4.69, 9.17) is 0 Å². The molecule has 1 aliphatic heterocycles. The molecular formula is C12H13N3O2. The fourth-order valence-electron chi connectivity index (χ4n) is 2.37. The van der Waals surface area contributed by atoms with E-state index in [-0.39, 0.29) is 17.3 Å². The summed E-state index contributed by atoms with van der Waals surface area (Å²) in [6.45, 7) is 1.53. The van der Waals surface area contributed by atoms with Crippen molar-refractivity contribution in [2.24, 2.45) is 0 Å². The van der Waals surface area contributed by atoms with Crippen molar-refractivity contribution in [3.63, 3.8) is 0 Å². The van der Waals surface area contributed by atoms with Crippen molar-refractivity contribution in [3.8, 4) is 0 Å². The number of para-hydroxylation sites is 1. The van der Waals surface area contributed by atoms with Crippen molar-refractivity contribution in [3.05, 3.63) is 45.1 Å². The number of hydrogen-bond donors (Lipinski definition) is 2. The molecule has 2 N–H and O–H groups in total. The maximum absolute atomic E-state index is 12.3. The fraction of sp³-hybridized carbons (Fsp3) is 0.333. The number of fused-ring (bicyclic) bond motifs is 1. The molecule has 0 spiro atoms. The van der Waals surface area contributed by atoms with Crippen LogP contribution < -0.4 is 16.6 Å². The number of nitrogens with zero attached hydrogens (tertiary/aromatic N) is 1. The number of benzene rings is 1. The van der Waals surface area contributed by atoms with Gasteiger partial charge in [0.1, 0.15) is 0 Å². The van der Waals surface area contributed by atoms with Crippen LogP contribution in [0.25, 0.3) is 10.9 Å². The van der Waals surface area contributed by atoms with E-state index in [2.05, 4.69) is 10.3 Å². The molecule has 1 atom stereocenters. The summed E-state index contributed by atoms with van der Waals surface area (Å²) in [5.74, 6) is 0. The van der Waals surface area contributed by atoms with E-state index in [1.165, 1.54) is 4.57 Å². The van der Waals surface area contributed by atoms with Crippen LogP contribution in [0.5, 0.6) is 0 Å². The summed E-state index contributed by atoms with van der Waals surface area (Å²) >= 11 is 0. The summed E-state index contributed by atoms with van der Waals surface area (Å²) in [7, 11) is 0. The zero-order chi connectivity index (χ0) is 11.8. The third-order valence-corrected chi connectivity index (χ3v) is 3.24. The molecule has 5 heteroatoms. The number of aromatic nitrogens is 2. The van der Waals surface area contributed by atoms with Crippen LogP contribution in [0.2, 0.25) is 0 Å². The lowest BCUT2D eigenvalue weighted by Crippen LogP contribution is -2.38. The highest BCUT2D eigenvalue weighted by atomic mass is 16.2. The quantitative estimate of drug-likeness (QED) is 0.738. The number of H-pyrrole nitrogens is 1. The highest BCUT2D eigenvalue weighted by molar-refractivity contribution is 5.76. The molecule has 88 valence electrons. The Labute approximate surface area is 97.1 Å². The largest absolute Gasteiger partial charge is 0.329 e. The minimum absolute atomic E-state index is 0.0316. The first-order chi connectivity index (χ1) is 8.27. The highest BCUT2D eigenvalue weighted by Gasteiger charge is 2.20. The first kappa shape index (κ1) is 10.3. The average Bonchev–Trinajstić information content (AvgIpc) is 2.83. The van der Waals surface area contributed by atoms with Gasteiger partial charge in [-0.3, -0.25) is 9.36 Å². The van der Waals surface area contributed by atoms with E-state index in [1.807, 2.05) is 0 Å². The molecule has 1 aromatic carbocycles. The number of hydrogen-bond acceptors (Lipinski definition) is 3. The summed E-state index contributed by atoms with van der Waals surface area (Å²) < 4.78 is 1.34. The van der Waals surface area contributed by atoms with Gasteiger partial charge in [0.15, 0.2) is 0 Å². The Morgan fingerprint density at radius 2 is 2.06 bits per heavy atom. The molecule has 1 fully saturated rings. The second kappa shape index (κ2) is 3.85. The summed E-state index contributed by atoms with van der Waals surface area (Å²) in [5.41, 5.74) is 0.0881. The molecule has 1 saturated heterocycles. The average molecular weight is 231 g/mol. The van der Waals surface area contributed by atoms with Crippen molar-refractivity contribution >= 4 is 10.9 Å². The first-order valence-electron chi connectivity index (χ1n) is 5.71. The number of aromatic amines is 1. The summed E-state index contributed by atoms with van der Waals surface area (Å²) in [5, 5.41) is 3.73. The van der Waals surface area contributed by atoms with Crippen molar-refractivity contribution in [2.75, 3.05) is 13.1 Å². The van der Waals surface area contributed by atoms with Crippen molar-refractivity contribution in [1.29, 1.82) is 0 Å². The van der Waals surface area contributed by atoms with Crippen LogP contribution in [0.15, 0.2) is 33.9 Å². The van der Waals surface area contributed by atoms with E-state index < -0.39 is 0 Å². The Kier molecular flexibility index (Phi) is 2.33. The highest BCUT2D eigenvalue weighted by Crippen LogP contribution is 2.11. The van der Waals surface area contributed by atoms with E-state index in [9.17, 15) is 9.59 Å². The minimum atomic E-state index is -0.317. The number of nitrogens with one attached hydrogen (secondary N) is 2. The Morgan fingerprint density at radius 1 is 1.24 bits per heavy atom. The zero-order valence-corrected chi connectivity index (χ0v) is 9.27. The van der Waals surface area contributed by atoms with E-state index in [0.717, 1.165) is 13.0 Å². The molecule has 1 aliphatic rings. The molecule has 3 rings (SSSR count). The smallest absolute Gasteiger partial charge is 0.315 e. The van der Waals surface area contributed by atoms with Gasteiger partial charge >= 0.3 is 5.69 Å². The van der Waals surface area contributed by atoms with Gasteiger partial charge < -0.3 is 10.3 Å². The van der Waals surface area contributed by atoms with Crippen molar-refractivity contribution < 1.29 is 0 Å². The SMILES string of the molecule is O=c1[nH]c2ccccc2c(=O)n1C1CCNC1. The minimum Gasteiger partial charge on any atom is -0.315 e. The van der Waals surface area contributed by atoms with Gasteiger partial charge in [0.2, 0.25) is 0 Å². The van der Waals surface area contributed by atoms with Gasteiger partial charge in [0.05, 0.1) is 16.9 Å². The van der Waals surface area contributed by atoms with Gasteiger partial charge in [-0.05, 0) is 25.1 Å². The van der Waals surface area contributed by atoms with Gasteiger partial charge in [0, 0.05) is 6.54 Å². The summed E-state index contributed by atoms with van der Waals surface area (Å²) in [4.78, 5) is 26.9. The molecule has 0 amide bonds. The standard InChI is InChI=1S/C12H13N3O2/c16-11-9-3-1-2-4-10(9)14-12(17)15(11)8-5-6-13-7-8/h1-4,8,13H,5-7H2,(H,14,17). The zero-order valence-electron chi connectivity index (χ0n) is 9.27. The van der Waals surface area contributed by atoms with Gasteiger partial charge in [-0.15, -0.1) is 0 Å². The Balaban J connectivity index is 2.31. The monoisotopic (exact) mass is 231 g/mol. The predicted molar refractivity (Wildman–Crippen MR) is 65.4 cm³/mol. The van der Waals surface area contributed by atoms with Crippen LogP contribution in [0.4, 0.5) is 0 Å². The lowest BCUT2D eigenvalue weighted by atomic mass is 10.2. The van der Waals surface area contributed by atoms with Gasteiger partial charge in [-0.1, -0.05) is 12.1 Å². The molecule has 5 nitrogen and oxygen atoms in total. The van der Waals surface area contributed by atoms with Crippen LogP contribution in [-0.4, -0.2) is 22.6 Å². The summed E-state index contributed by atoms with van der Waals surface area (Å²) in [6, 6.07) is 7.07. The predicted octanol–water partition coefficient (Wildman–Crippen LogP) is 0.224. The lowest BCUT2D eigenvalue weighted by Gasteiger charge is -2.11. The van der Waals surface area contributed by atoms with E-state index in [0.29, 0.717) is 17.4 Å². The van der Waals surface area contributed by atoms with Crippen LogP contribution in [-0.2, 0) is 0 Å². The van der Waals surface area contributed by atoms with Gasteiger partial charge in [0.25, 0.3) is 5.56 Å². The fourth-order valence-corrected chi connectivity index (χ4v) is 2.37. The maximum atomic E-state index is 12.3. The third-order valence-electron chi connectivity index (χ3n) is 3.24. The Hall–Kier alpha value is -1.88. The maximum Gasteiger partial charge on any atom is 0.329 e. The molecule has 2 aromatic rings. The van der Waals surface area contributed by atoms with Crippen LogP contribution >= 0.6 is 0 Å². The Morgan fingerprint density at radius 3 is 2.82 bits per heavy atom. The van der Waals surface area contributed by atoms with Crippen molar-refractivity contribution in [1.82, 2.24) is 14.9 Å². The topological polar surface area (TPSA) is 66.9 Å². The van der Waals surface area contributed by atoms with Gasteiger partial charge in [-0.25, -0.2) is 4.79 Å². The lowest BCUT2D eigenvalue weighted by molar-refractivity contribution is 0.508. The molecule has 0 radical (unpaired) electrons. The molecule has 1 aromatic heterocycles.